The molecule has 0 radical (unpaired) electrons. The van der Waals surface area contributed by atoms with Crippen molar-refractivity contribution in [2.75, 3.05) is 7.11 Å². The highest BCUT2D eigenvalue weighted by molar-refractivity contribution is 6.35. The summed E-state index contributed by atoms with van der Waals surface area (Å²) in [5.41, 5.74) is 3.05. The van der Waals surface area contributed by atoms with E-state index in [1.54, 1.807) is 31.4 Å². The number of benzene rings is 1. The van der Waals surface area contributed by atoms with Crippen LogP contribution in [0.3, 0.4) is 0 Å². The molecule has 1 fully saturated rings. The van der Waals surface area contributed by atoms with Gasteiger partial charge in [0.25, 0.3) is 0 Å². The fraction of sp³-hybridized carbons (Fsp3) is 0.471. The van der Waals surface area contributed by atoms with Crippen LogP contribution in [0.2, 0.25) is 0 Å². The number of hydrogen-bond donors (Lipinski definition) is 2. The molecule has 2 N–H and O–H groups in total. The molecule has 1 aromatic rings. The van der Waals surface area contributed by atoms with E-state index in [4.69, 9.17) is 4.74 Å². The van der Waals surface area contributed by atoms with Gasteiger partial charge in [-0.25, -0.2) is 5.43 Å². The highest BCUT2D eigenvalue weighted by Gasteiger charge is 2.19. The van der Waals surface area contributed by atoms with E-state index in [1.807, 2.05) is 0 Å². The van der Waals surface area contributed by atoms with Gasteiger partial charge in [0.15, 0.2) is 0 Å². The number of hydrazone groups is 1. The SMILES string of the molecule is COc1ccc(/C=N\NC(=O)C(=O)NC2CCCCCC2)cc1. The van der Waals surface area contributed by atoms with Gasteiger partial charge in [-0.05, 0) is 42.7 Å². The molecule has 0 unspecified atom stereocenters. The first kappa shape index (κ1) is 17.0. The molecule has 23 heavy (non-hydrogen) atoms. The van der Waals surface area contributed by atoms with Crippen LogP contribution in [0, 0.1) is 0 Å². The van der Waals surface area contributed by atoms with Crippen LogP contribution in [0.1, 0.15) is 44.1 Å². The minimum absolute atomic E-state index is 0.0984. The Morgan fingerprint density at radius 3 is 2.35 bits per heavy atom. The normalized spacial score (nSPS) is 15.9. The van der Waals surface area contributed by atoms with Crippen LogP contribution in [-0.4, -0.2) is 31.2 Å². The van der Waals surface area contributed by atoms with E-state index in [0.717, 1.165) is 37.0 Å². The molecule has 2 amide bonds. The lowest BCUT2D eigenvalue weighted by atomic mass is 10.1. The zero-order valence-electron chi connectivity index (χ0n) is 13.4. The van der Waals surface area contributed by atoms with Gasteiger partial charge in [0.2, 0.25) is 0 Å². The summed E-state index contributed by atoms with van der Waals surface area (Å²) in [7, 11) is 1.59. The van der Waals surface area contributed by atoms with Gasteiger partial charge < -0.3 is 10.1 Å². The lowest BCUT2D eigenvalue weighted by Gasteiger charge is -2.14. The highest BCUT2D eigenvalue weighted by atomic mass is 16.5. The van der Waals surface area contributed by atoms with Gasteiger partial charge >= 0.3 is 11.8 Å². The average molecular weight is 317 g/mol. The molecule has 0 heterocycles. The van der Waals surface area contributed by atoms with E-state index in [1.165, 1.54) is 19.1 Å². The molecule has 0 saturated heterocycles. The predicted molar refractivity (Wildman–Crippen MR) is 88.4 cm³/mol. The summed E-state index contributed by atoms with van der Waals surface area (Å²) in [4.78, 5) is 23.6. The van der Waals surface area contributed by atoms with Crippen LogP contribution >= 0.6 is 0 Å². The van der Waals surface area contributed by atoms with Crippen molar-refractivity contribution in [2.24, 2.45) is 5.10 Å². The van der Waals surface area contributed by atoms with Crippen molar-refractivity contribution in [3.05, 3.63) is 29.8 Å². The first-order valence-electron chi connectivity index (χ1n) is 7.97. The van der Waals surface area contributed by atoms with Crippen LogP contribution in [0.25, 0.3) is 0 Å². The minimum Gasteiger partial charge on any atom is -0.497 e. The summed E-state index contributed by atoms with van der Waals surface area (Å²) in [6.07, 6.45) is 7.96. The van der Waals surface area contributed by atoms with Gasteiger partial charge in [-0.2, -0.15) is 5.10 Å². The summed E-state index contributed by atoms with van der Waals surface area (Å²) >= 11 is 0. The van der Waals surface area contributed by atoms with Crippen LogP contribution in [0.4, 0.5) is 0 Å². The molecule has 1 saturated carbocycles. The van der Waals surface area contributed by atoms with E-state index < -0.39 is 11.8 Å². The molecule has 1 aliphatic carbocycles. The monoisotopic (exact) mass is 317 g/mol. The molecule has 0 aliphatic heterocycles. The largest absolute Gasteiger partial charge is 0.497 e. The molecule has 1 aliphatic rings. The molecular weight excluding hydrogens is 294 g/mol. The number of nitrogens with zero attached hydrogens (tertiary/aromatic N) is 1. The van der Waals surface area contributed by atoms with E-state index >= 15 is 0 Å². The number of carbonyl (C=O) groups is 2. The zero-order chi connectivity index (χ0) is 16.5. The Kier molecular flexibility index (Phi) is 6.59. The van der Waals surface area contributed by atoms with Crippen LogP contribution in [0.5, 0.6) is 5.75 Å². The number of rotatable bonds is 4. The third-order valence-electron chi connectivity index (χ3n) is 3.89. The Morgan fingerprint density at radius 1 is 1.09 bits per heavy atom. The molecule has 0 spiro atoms. The molecule has 0 bridgehead atoms. The molecule has 0 atom stereocenters. The lowest BCUT2D eigenvalue weighted by molar-refractivity contribution is -0.139. The average Bonchev–Trinajstić information content (AvgIpc) is 2.84. The van der Waals surface area contributed by atoms with Gasteiger partial charge in [-0.1, -0.05) is 25.7 Å². The van der Waals surface area contributed by atoms with Gasteiger partial charge in [0.1, 0.15) is 5.75 Å². The lowest BCUT2D eigenvalue weighted by Crippen LogP contribution is -2.43. The number of amides is 2. The van der Waals surface area contributed by atoms with Crippen molar-refractivity contribution >= 4 is 18.0 Å². The van der Waals surface area contributed by atoms with Gasteiger partial charge in [-0.15, -0.1) is 0 Å². The summed E-state index contributed by atoms with van der Waals surface area (Å²) in [5.74, 6) is -0.614. The maximum absolute atomic E-state index is 11.8. The maximum atomic E-state index is 11.8. The third-order valence-corrected chi connectivity index (χ3v) is 3.89. The van der Waals surface area contributed by atoms with Crippen molar-refractivity contribution in [1.29, 1.82) is 0 Å². The third kappa shape index (κ3) is 5.73. The summed E-state index contributed by atoms with van der Waals surface area (Å²) < 4.78 is 5.06. The Hall–Kier alpha value is -2.37. The van der Waals surface area contributed by atoms with Crippen molar-refractivity contribution in [3.63, 3.8) is 0 Å². The van der Waals surface area contributed by atoms with Crippen molar-refractivity contribution in [1.82, 2.24) is 10.7 Å². The smallest absolute Gasteiger partial charge is 0.329 e. The number of hydrogen-bond acceptors (Lipinski definition) is 4. The summed E-state index contributed by atoms with van der Waals surface area (Å²) in [6.45, 7) is 0. The second kappa shape index (κ2) is 8.92. The van der Waals surface area contributed by atoms with E-state index in [9.17, 15) is 9.59 Å². The predicted octanol–water partition coefficient (Wildman–Crippen LogP) is 1.98. The Bertz CT molecular complexity index is 547. The maximum Gasteiger partial charge on any atom is 0.329 e. The highest BCUT2D eigenvalue weighted by Crippen LogP contribution is 2.17. The first-order valence-corrected chi connectivity index (χ1v) is 7.97. The Labute approximate surface area is 136 Å². The Balaban J connectivity index is 1.78. The van der Waals surface area contributed by atoms with Gasteiger partial charge in [0, 0.05) is 6.04 Å². The number of carbonyl (C=O) groups excluding carboxylic acids is 2. The van der Waals surface area contributed by atoms with Gasteiger partial charge in [-0.3, -0.25) is 9.59 Å². The molecule has 2 rings (SSSR count). The standard InChI is InChI=1S/C17H23N3O3/c1-23-15-10-8-13(9-11-15)12-18-20-17(22)16(21)19-14-6-4-2-3-5-7-14/h8-12,14H,2-7H2,1H3,(H,19,21)(H,20,22)/b18-12-. The molecule has 0 aromatic heterocycles. The number of nitrogens with one attached hydrogen (secondary N) is 2. The first-order chi connectivity index (χ1) is 11.2. The molecule has 124 valence electrons. The van der Waals surface area contributed by atoms with Crippen molar-refractivity contribution < 1.29 is 14.3 Å². The molecule has 6 heteroatoms. The fourth-order valence-corrected chi connectivity index (χ4v) is 2.58. The van der Waals surface area contributed by atoms with E-state index in [-0.39, 0.29) is 6.04 Å². The Morgan fingerprint density at radius 2 is 1.74 bits per heavy atom. The topological polar surface area (TPSA) is 79.8 Å². The number of methoxy groups -OCH3 is 1. The fourth-order valence-electron chi connectivity index (χ4n) is 2.58. The second-order valence-electron chi connectivity index (χ2n) is 5.63. The zero-order valence-corrected chi connectivity index (χ0v) is 13.4. The van der Waals surface area contributed by atoms with Crippen LogP contribution in [0.15, 0.2) is 29.4 Å². The second-order valence-corrected chi connectivity index (χ2v) is 5.63. The van der Waals surface area contributed by atoms with Crippen molar-refractivity contribution in [2.45, 2.75) is 44.6 Å². The van der Waals surface area contributed by atoms with E-state index in [2.05, 4.69) is 15.8 Å². The molecular formula is C17H23N3O3. The summed E-state index contributed by atoms with van der Waals surface area (Å²) in [6, 6.07) is 7.30. The van der Waals surface area contributed by atoms with Crippen LogP contribution in [-0.2, 0) is 9.59 Å². The van der Waals surface area contributed by atoms with Crippen LogP contribution < -0.4 is 15.5 Å². The minimum atomic E-state index is -0.737. The number of ether oxygens (including phenoxy) is 1. The van der Waals surface area contributed by atoms with Gasteiger partial charge in [0.05, 0.1) is 13.3 Å². The summed E-state index contributed by atoms with van der Waals surface area (Å²) in [5, 5.41) is 6.58. The van der Waals surface area contributed by atoms with E-state index in [0.29, 0.717) is 0 Å². The quantitative estimate of drug-likeness (QED) is 0.386. The molecule has 1 aromatic carbocycles. The van der Waals surface area contributed by atoms with Crippen molar-refractivity contribution in [3.8, 4) is 5.75 Å². The molecule has 6 nitrogen and oxygen atoms in total.